The number of hydrogen-bond acceptors (Lipinski definition) is 2. The number of hydrogen-bond donors (Lipinski definition) is 2. The van der Waals surface area contributed by atoms with Gasteiger partial charge >= 0.3 is 0 Å². The van der Waals surface area contributed by atoms with Crippen molar-refractivity contribution in [2.24, 2.45) is 5.84 Å². The third kappa shape index (κ3) is 2.37. The molecule has 1 aliphatic carbocycles. The summed E-state index contributed by atoms with van der Waals surface area (Å²) in [6.07, 6.45) is 1.19. The SMILES string of the molecule is NNC(=O)c1ccc(C2CC2c2ccccc2)cc1. The second-order valence-electron chi connectivity index (χ2n) is 4.95. The third-order valence-electron chi connectivity index (χ3n) is 3.75. The van der Waals surface area contributed by atoms with Crippen molar-refractivity contribution in [1.82, 2.24) is 5.43 Å². The Balaban J connectivity index is 1.74. The Labute approximate surface area is 112 Å². The van der Waals surface area contributed by atoms with Gasteiger partial charge in [0, 0.05) is 5.56 Å². The molecular weight excluding hydrogens is 236 g/mol. The summed E-state index contributed by atoms with van der Waals surface area (Å²) in [6.45, 7) is 0. The fraction of sp³-hybridized carbons (Fsp3) is 0.188. The van der Waals surface area contributed by atoms with Crippen LogP contribution in [0.3, 0.4) is 0 Å². The minimum atomic E-state index is -0.248. The first-order valence-corrected chi connectivity index (χ1v) is 6.45. The van der Waals surface area contributed by atoms with Crippen molar-refractivity contribution in [3.8, 4) is 0 Å². The van der Waals surface area contributed by atoms with E-state index in [4.69, 9.17) is 5.84 Å². The topological polar surface area (TPSA) is 55.1 Å². The van der Waals surface area contributed by atoms with Gasteiger partial charge in [-0.15, -0.1) is 0 Å². The molecule has 2 aromatic carbocycles. The van der Waals surface area contributed by atoms with Gasteiger partial charge in [0.2, 0.25) is 0 Å². The maximum atomic E-state index is 11.4. The molecule has 1 saturated carbocycles. The van der Waals surface area contributed by atoms with Crippen LogP contribution in [0.4, 0.5) is 0 Å². The molecule has 2 atom stereocenters. The van der Waals surface area contributed by atoms with Crippen molar-refractivity contribution in [3.05, 3.63) is 71.3 Å². The lowest BCUT2D eigenvalue weighted by molar-refractivity contribution is 0.0953. The van der Waals surface area contributed by atoms with Gasteiger partial charge in [0.05, 0.1) is 0 Å². The predicted octanol–water partition coefficient (Wildman–Crippen LogP) is 2.56. The van der Waals surface area contributed by atoms with Crippen LogP contribution >= 0.6 is 0 Å². The fourth-order valence-corrected chi connectivity index (χ4v) is 2.60. The minimum Gasteiger partial charge on any atom is -0.290 e. The Morgan fingerprint density at radius 3 is 2.11 bits per heavy atom. The Hall–Kier alpha value is -2.13. The van der Waals surface area contributed by atoms with Crippen LogP contribution in [-0.4, -0.2) is 5.91 Å². The van der Waals surface area contributed by atoms with E-state index < -0.39 is 0 Å². The van der Waals surface area contributed by atoms with Crippen LogP contribution in [0, 0.1) is 0 Å². The zero-order valence-electron chi connectivity index (χ0n) is 10.5. The van der Waals surface area contributed by atoms with Crippen molar-refractivity contribution in [2.45, 2.75) is 18.3 Å². The summed E-state index contributed by atoms with van der Waals surface area (Å²) in [5.74, 6) is 6.07. The molecule has 0 aliphatic heterocycles. The average Bonchev–Trinajstić information content (AvgIpc) is 3.28. The van der Waals surface area contributed by atoms with E-state index in [0.29, 0.717) is 17.4 Å². The smallest absolute Gasteiger partial charge is 0.265 e. The molecule has 0 aromatic heterocycles. The summed E-state index contributed by atoms with van der Waals surface area (Å²) < 4.78 is 0. The van der Waals surface area contributed by atoms with Crippen LogP contribution in [0.1, 0.15) is 39.7 Å². The van der Waals surface area contributed by atoms with Gasteiger partial charge < -0.3 is 0 Å². The summed E-state index contributed by atoms with van der Waals surface area (Å²) in [4.78, 5) is 11.4. The van der Waals surface area contributed by atoms with Gasteiger partial charge in [0.25, 0.3) is 5.91 Å². The van der Waals surface area contributed by atoms with Gasteiger partial charge in [0.15, 0.2) is 0 Å². The Morgan fingerprint density at radius 1 is 0.947 bits per heavy atom. The normalized spacial score (nSPS) is 20.9. The molecule has 1 fully saturated rings. The lowest BCUT2D eigenvalue weighted by Gasteiger charge is -2.03. The summed E-state index contributed by atoms with van der Waals surface area (Å²) in [7, 11) is 0. The zero-order valence-corrected chi connectivity index (χ0v) is 10.5. The van der Waals surface area contributed by atoms with Crippen molar-refractivity contribution in [2.75, 3.05) is 0 Å². The molecule has 1 aliphatic rings. The van der Waals surface area contributed by atoms with Crippen LogP contribution in [0.2, 0.25) is 0 Å². The predicted molar refractivity (Wildman–Crippen MR) is 74.6 cm³/mol. The number of nitrogens with one attached hydrogen (secondary N) is 1. The number of carbonyl (C=O) groups excluding carboxylic acids is 1. The van der Waals surface area contributed by atoms with Crippen molar-refractivity contribution in [3.63, 3.8) is 0 Å². The number of benzene rings is 2. The molecule has 3 N–H and O–H groups in total. The Kier molecular flexibility index (Phi) is 3.05. The zero-order chi connectivity index (χ0) is 13.2. The molecule has 0 spiro atoms. The number of carbonyl (C=O) groups is 1. The number of hydrazine groups is 1. The van der Waals surface area contributed by atoms with Gasteiger partial charge in [-0.1, -0.05) is 42.5 Å². The molecule has 0 heterocycles. The van der Waals surface area contributed by atoms with E-state index in [9.17, 15) is 4.79 Å². The second kappa shape index (κ2) is 4.86. The molecule has 3 nitrogen and oxygen atoms in total. The van der Waals surface area contributed by atoms with Crippen LogP contribution in [0.15, 0.2) is 54.6 Å². The van der Waals surface area contributed by atoms with E-state index >= 15 is 0 Å². The monoisotopic (exact) mass is 252 g/mol. The van der Waals surface area contributed by atoms with Gasteiger partial charge in [-0.3, -0.25) is 10.2 Å². The molecule has 19 heavy (non-hydrogen) atoms. The first kappa shape index (κ1) is 11.9. The molecule has 2 aromatic rings. The molecule has 96 valence electrons. The lowest BCUT2D eigenvalue weighted by Crippen LogP contribution is -2.29. The average molecular weight is 252 g/mol. The molecule has 2 unspecified atom stereocenters. The van der Waals surface area contributed by atoms with E-state index in [-0.39, 0.29) is 5.91 Å². The number of rotatable bonds is 3. The molecule has 3 rings (SSSR count). The summed E-state index contributed by atoms with van der Waals surface area (Å²) in [5.41, 5.74) is 5.43. The first-order valence-electron chi connectivity index (χ1n) is 6.45. The Bertz CT molecular complexity index is 577. The summed E-state index contributed by atoms with van der Waals surface area (Å²) in [6, 6.07) is 18.3. The van der Waals surface area contributed by atoms with E-state index in [1.165, 1.54) is 17.5 Å². The molecule has 0 radical (unpaired) electrons. The van der Waals surface area contributed by atoms with Crippen LogP contribution in [0.25, 0.3) is 0 Å². The quantitative estimate of drug-likeness (QED) is 0.501. The van der Waals surface area contributed by atoms with Gasteiger partial charge in [0.1, 0.15) is 0 Å². The van der Waals surface area contributed by atoms with Gasteiger partial charge in [-0.25, -0.2) is 5.84 Å². The fourth-order valence-electron chi connectivity index (χ4n) is 2.60. The van der Waals surface area contributed by atoms with E-state index in [1.807, 2.05) is 30.3 Å². The van der Waals surface area contributed by atoms with E-state index in [2.05, 4.69) is 29.7 Å². The number of nitrogen functional groups attached to an aromatic ring is 1. The molecule has 1 amide bonds. The maximum absolute atomic E-state index is 11.4. The molecule has 0 bridgehead atoms. The van der Waals surface area contributed by atoms with Gasteiger partial charge in [-0.05, 0) is 41.5 Å². The molecular formula is C16H16N2O. The summed E-state index contributed by atoms with van der Waals surface area (Å²) in [5, 5.41) is 0. The summed E-state index contributed by atoms with van der Waals surface area (Å²) >= 11 is 0. The van der Waals surface area contributed by atoms with Crippen LogP contribution < -0.4 is 11.3 Å². The third-order valence-corrected chi connectivity index (χ3v) is 3.75. The van der Waals surface area contributed by atoms with E-state index in [0.717, 1.165) is 0 Å². The lowest BCUT2D eigenvalue weighted by atomic mass is 10.0. The second-order valence-corrected chi connectivity index (χ2v) is 4.95. The van der Waals surface area contributed by atoms with Crippen LogP contribution in [0.5, 0.6) is 0 Å². The number of nitrogens with two attached hydrogens (primary N) is 1. The first-order chi connectivity index (χ1) is 9.29. The largest absolute Gasteiger partial charge is 0.290 e. The Morgan fingerprint density at radius 2 is 1.53 bits per heavy atom. The van der Waals surface area contributed by atoms with E-state index in [1.54, 1.807) is 0 Å². The standard InChI is InChI=1S/C16H16N2O/c17-18-16(19)13-8-6-12(7-9-13)15-10-14(15)11-4-2-1-3-5-11/h1-9,14-15H,10,17H2,(H,18,19). The molecule has 3 heteroatoms. The highest BCUT2D eigenvalue weighted by Crippen LogP contribution is 2.54. The highest BCUT2D eigenvalue weighted by molar-refractivity contribution is 5.93. The van der Waals surface area contributed by atoms with Crippen molar-refractivity contribution < 1.29 is 4.79 Å². The highest BCUT2D eigenvalue weighted by atomic mass is 16.2. The molecule has 0 saturated heterocycles. The minimum absolute atomic E-state index is 0.248. The van der Waals surface area contributed by atoms with Crippen molar-refractivity contribution >= 4 is 5.91 Å². The maximum Gasteiger partial charge on any atom is 0.265 e. The van der Waals surface area contributed by atoms with Crippen molar-refractivity contribution in [1.29, 1.82) is 0 Å². The highest BCUT2D eigenvalue weighted by Gasteiger charge is 2.39. The number of amides is 1. The van der Waals surface area contributed by atoms with Crippen LogP contribution in [-0.2, 0) is 0 Å². The van der Waals surface area contributed by atoms with Gasteiger partial charge in [-0.2, -0.15) is 0 Å².